The fourth-order valence-electron chi connectivity index (χ4n) is 1.36. The number of nitrogens with one attached hydrogen (secondary N) is 1. The van der Waals surface area contributed by atoms with Gasteiger partial charge in [-0.2, -0.15) is 13.2 Å². The van der Waals surface area contributed by atoms with Crippen LogP contribution in [0.3, 0.4) is 0 Å². The van der Waals surface area contributed by atoms with Gasteiger partial charge in [0.15, 0.2) is 0 Å². The molecule has 0 rings (SSSR count). The Kier molecular flexibility index (Phi) is 8.25. The van der Waals surface area contributed by atoms with Gasteiger partial charge in [0.1, 0.15) is 5.78 Å². The van der Waals surface area contributed by atoms with E-state index in [1.54, 1.807) is 0 Å². The van der Waals surface area contributed by atoms with Gasteiger partial charge >= 0.3 is 6.18 Å². The summed E-state index contributed by atoms with van der Waals surface area (Å²) in [5.74, 6) is -0.138. The lowest BCUT2D eigenvalue weighted by Crippen LogP contribution is -2.32. The van der Waals surface area contributed by atoms with Gasteiger partial charge in [0.05, 0.1) is 13.1 Å². The fourth-order valence-corrected chi connectivity index (χ4v) is 1.36. The summed E-state index contributed by atoms with van der Waals surface area (Å²) in [4.78, 5) is 11.1. The largest absolute Gasteiger partial charge is 0.401 e. The van der Waals surface area contributed by atoms with Crippen LogP contribution < -0.4 is 5.32 Å². The minimum absolute atomic E-state index is 0.138. The molecule has 96 valence electrons. The normalized spacial score (nSPS) is 11.8. The Balaban J connectivity index is 3.32. The van der Waals surface area contributed by atoms with Gasteiger partial charge in [-0.3, -0.25) is 4.79 Å². The minimum Gasteiger partial charge on any atom is -0.302 e. The van der Waals surface area contributed by atoms with Crippen molar-refractivity contribution >= 4 is 5.78 Å². The van der Waals surface area contributed by atoms with Crippen molar-refractivity contribution in [2.24, 2.45) is 0 Å². The highest BCUT2D eigenvalue weighted by Gasteiger charge is 2.26. The van der Waals surface area contributed by atoms with E-state index in [1.165, 1.54) is 0 Å². The Labute approximate surface area is 94.6 Å². The molecular weight excluding hydrogens is 219 g/mol. The summed E-state index contributed by atoms with van der Waals surface area (Å²) < 4.78 is 35.2. The lowest BCUT2D eigenvalue weighted by molar-refractivity contribution is -0.127. The number of Topliss-reactive ketones (excluding diaryl/α,β-unsaturated/α-hetero) is 1. The topological polar surface area (TPSA) is 29.1 Å². The summed E-state index contributed by atoms with van der Waals surface area (Å²) in [5.41, 5.74) is 0. The molecule has 0 saturated carbocycles. The molecule has 0 unspecified atom stereocenters. The van der Waals surface area contributed by atoms with Crippen LogP contribution in [0.2, 0.25) is 0 Å². The maximum absolute atomic E-state index is 11.7. The molecule has 0 spiro atoms. The first kappa shape index (κ1) is 15.4. The average molecular weight is 239 g/mol. The molecule has 0 aliphatic rings. The molecule has 0 aliphatic heterocycles. The van der Waals surface area contributed by atoms with Crippen molar-refractivity contribution in [3.05, 3.63) is 0 Å². The number of ketones is 1. The predicted molar refractivity (Wildman–Crippen MR) is 57.3 cm³/mol. The second-order valence-corrected chi connectivity index (χ2v) is 3.92. The standard InChI is InChI=1S/C11H20F3NO/c1-2-3-4-5-6-7-10(16)8-15-9-11(12,13)14/h15H,2-9H2,1H3. The van der Waals surface area contributed by atoms with Gasteiger partial charge in [0.25, 0.3) is 0 Å². The molecule has 0 aromatic carbocycles. The van der Waals surface area contributed by atoms with Gasteiger partial charge in [0.2, 0.25) is 0 Å². The molecule has 1 N–H and O–H groups in total. The Bertz CT molecular complexity index is 192. The molecule has 0 bridgehead atoms. The predicted octanol–water partition coefficient (Wildman–Crippen LogP) is 3.07. The van der Waals surface area contributed by atoms with Gasteiger partial charge in [-0.1, -0.05) is 32.6 Å². The molecule has 2 nitrogen and oxygen atoms in total. The van der Waals surface area contributed by atoms with Crippen LogP contribution in [0, 0.1) is 0 Å². The third kappa shape index (κ3) is 11.5. The number of rotatable bonds is 9. The molecule has 0 aromatic rings. The maximum Gasteiger partial charge on any atom is 0.401 e. The van der Waals surface area contributed by atoms with Crippen LogP contribution in [0.15, 0.2) is 0 Å². The zero-order valence-electron chi connectivity index (χ0n) is 9.70. The third-order valence-corrected chi connectivity index (χ3v) is 2.21. The first-order valence-corrected chi connectivity index (χ1v) is 5.75. The zero-order valence-corrected chi connectivity index (χ0v) is 9.70. The van der Waals surface area contributed by atoms with Crippen LogP contribution in [0.4, 0.5) is 13.2 Å². The van der Waals surface area contributed by atoms with Crippen LogP contribution in [0.1, 0.15) is 45.4 Å². The monoisotopic (exact) mass is 239 g/mol. The SMILES string of the molecule is CCCCCCCC(=O)CNCC(F)(F)F. The minimum atomic E-state index is -4.23. The number of carbonyl (C=O) groups excluding carboxylic acids is 1. The van der Waals surface area contributed by atoms with Crippen molar-refractivity contribution < 1.29 is 18.0 Å². The van der Waals surface area contributed by atoms with E-state index in [4.69, 9.17) is 0 Å². The second kappa shape index (κ2) is 8.56. The number of halogens is 3. The van der Waals surface area contributed by atoms with Gasteiger partial charge in [0, 0.05) is 6.42 Å². The molecule has 0 saturated heterocycles. The quantitative estimate of drug-likeness (QED) is 0.626. The summed E-state index contributed by atoms with van der Waals surface area (Å²) in [5, 5.41) is 2.10. The highest BCUT2D eigenvalue weighted by atomic mass is 19.4. The first-order chi connectivity index (χ1) is 7.45. The van der Waals surface area contributed by atoms with E-state index < -0.39 is 12.7 Å². The summed E-state index contributed by atoms with van der Waals surface area (Å²) in [7, 11) is 0. The maximum atomic E-state index is 11.7. The van der Waals surface area contributed by atoms with E-state index in [9.17, 15) is 18.0 Å². The Morgan fingerprint density at radius 1 is 1.12 bits per heavy atom. The summed E-state index contributed by atoms with van der Waals surface area (Å²) in [6, 6.07) is 0. The van der Waals surface area contributed by atoms with Crippen molar-refractivity contribution in [2.75, 3.05) is 13.1 Å². The molecule has 0 amide bonds. The Morgan fingerprint density at radius 2 is 1.75 bits per heavy atom. The number of carbonyl (C=O) groups is 1. The number of hydrogen-bond acceptors (Lipinski definition) is 2. The molecular formula is C11H20F3NO. The lowest BCUT2D eigenvalue weighted by Gasteiger charge is -2.07. The van der Waals surface area contributed by atoms with Crippen LogP contribution in [-0.2, 0) is 4.79 Å². The van der Waals surface area contributed by atoms with E-state index >= 15 is 0 Å². The van der Waals surface area contributed by atoms with Crippen molar-refractivity contribution in [1.82, 2.24) is 5.32 Å². The van der Waals surface area contributed by atoms with Gasteiger partial charge < -0.3 is 5.32 Å². The number of alkyl halides is 3. The van der Waals surface area contributed by atoms with Crippen molar-refractivity contribution in [1.29, 1.82) is 0 Å². The molecule has 0 aromatic heterocycles. The van der Waals surface area contributed by atoms with Crippen LogP contribution in [-0.4, -0.2) is 25.0 Å². The summed E-state index contributed by atoms with van der Waals surface area (Å²) in [6.07, 6.45) is 1.31. The highest BCUT2D eigenvalue weighted by molar-refractivity contribution is 5.80. The van der Waals surface area contributed by atoms with Crippen LogP contribution >= 0.6 is 0 Å². The van der Waals surface area contributed by atoms with E-state index in [0.29, 0.717) is 6.42 Å². The molecule has 0 radical (unpaired) electrons. The lowest BCUT2D eigenvalue weighted by atomic mass is 10.1. The van der Waals surface area contributed by atoms with Crippen molar-refractivity contribution in [3.8, 4) is 0 Å². The Morgan fingerprint density at radius 3 is 2.31 bits per heavy atom. The fraction of sp³-hybridized carbons (Fsp3) is 0.909. The van der Waals surface area contributed by atoms with Gasteiger partial charge in [-0.05, 0) is 6.42 Å². The highest BCUT2D eigenvalue weighted by Crippen LogP contribution is 2.12. The smallest absolute Gasteiger partial charge is 0.302 e. The van der Waals surface area contributed by atoms with Gasteiger partial charge in [-0.15, -0.1) is 0 Å². The van der Waals surface area contributed by atoms with Crippen LogP contribution in [0.5, 0.6) is 0 Å². The second-order valence-electron chi connectivity index (χ2n) is 3.92. The molecule has 0 aliphatic carbocycles. The van der Waals surface area contributed by atoms with E-state index in [0.717, 1.165) is 32.1 Å². The van der Waals surface area contributed by atoms with Crippen LogP contribution in [0.25, 0.3) is 0 Å². The van der Waals surface area contributed by atoms with Gasteiger partial charge in [-0.25, -0.2) is 0 Å². The van der Waals surface area contributed by atoms with E-state index in [1.807, 2.05) is 0 Å². The Hall–Kier alpha value is -0.580. The zero-order chi connectivity index (χ0) is 12.4. The molecule has 0 fully saturated rings. The summed E-state index contributed by atoms with van der Waals surface area (Å²) in [6.45, 7) is 0.841. The molecule has 0 atom stereocenters. The van der Waals surface area contributed by atoms with E-state index in [2.05, 4.69) is 12.2 Å². The average Bonchev–Trinajstić information content (AvgIpc) is 2.15. The first-order valence-electron chi connectivity index (χ1n) is 5.75. The molecule has 0 heterocycles. The molecule has 16 heavy (non-hydrogen) atoms. The van der Waals surface area contributed by atoms with Crippen molar-refractivity contribution in [2.45, 2.75) is 51.6 Å². The van der Waals surface area contributed by atoms with Crippen molar-refractivity contribution in [3.63, 3.8) is 0 Å². The molecule has 5 heteroatoms. The van der Waals surface area contributed by atoms with E-state index in [-0.39, 0.29) is 12.3 Å². The summed E-state index contributed by atoms with van der Waals surface area (Å²) >= 11 is 0. The number of unbranched alkanes of at least 4 members (excludes halogenated alkanes) is 4. The number of hydrogen-bond donors (Lipinski definition) is 1. The third-order valence-electron chi connectivity index (χ3n) is 2.21.